The van der Waals surface area contributed by atoms with E-state index in [9.17, 15) is 13.2 Å². The Labute approximate surface area is 83.8 Å². The maximum atomic E-state index is 11.3. The van der Waals surface area contributed by atoms with Crippen LogP contribution in [0.3, 0.4) is 0 Å². The van der Waals surface area contributed by atoms with Crippen LogP contribution in [0, 0.1) is 0 Å². The van der Waals surface area contributed by atoms with Crippen molar-refractivity contribution in [1.82, 2.24) is 4.31 Å². The van der Waals surface area contributed by atoms with E-state index in [4.69, 9.17) is 5.11 Å². The molecular weight excluding hydrogens is 206 g/mol. The van der Waals surface area contributed by atoms with Crippen molar-refractivity contribution < 1.29 is 18.3 Å². The van der Waals surface area contributed by atoms with Crippen molar-refractivity contribution in [1.29, 1.82) is 0 Å². The van der Waals surface area contributed by atoms with Crippen LogP contribution in [0.4, 0.5) is 0 Å². The minimum atomic E-state index is -3.39. The van der Waals surface area contributed by atoms with Crippen LogP contribution in [-0.4, -0.2) is 42.6 Å². The van der Waals surface area contributed by atoms with Gasteiger partial charge in [0.05, 0.1) is 6.26 Å². The third-order valence-corrected chi connectivity index (χ3v) is 3.73. The summed E-state index contributed by atoms with van der Waals surface area (Å²) < 4.78 is 23.7. The predicted octanol–water partition coefficient (Wildman–Crippen LogP) is 0.275. The highest BCUT2D eigenvalue weighted by atomic mass is 32.2. The molecule has 6 heteroatoms. The number of carboxylic acid groups (broad SMARTS) is 1. The van der Waals surface area contributed by atoms with E-state index in [1.165, 1.54) is 0 Å². The molecule has 1 rings (SSSR count). The van der Waals surface area contributed by atoms with Crippen molar-refractivity contribution in [2.75, 3.05) is 12.8 Å². The van der Waals surface area contributed by atoms with Gasteiger partial charge in [0.1, 0.15) is 6.54 Å². The molecule has 0 atom stereocenters. The zero-order valence-electron chi connectivity index (χ0n) is 8.14. The third-order valence-electron chi connectivity index (χ3n) is 2.45. The van der Waals surface area contributed by atoms with Gasteiger partial charge < -0.3 is 5.11 Å². The number of hydrogen-bond donors (Lipinski definition) is 1. The fraction of sp³-hybridized carbons (Fsp3) is 0.875. The molecule has 0 bridgehead atoms. The van der Waals surface area contributed by atoms with Crippen LogP contribution in [-0.2, 0) is 14.8 Å². The summed E-state index contributed by atoms with van der Waals surface area (Å²) in [7, 11) is -3.39. The second kappa shape index (κ2) is 4.27. The van der Waals surface area contributed by atoms with E-state index in [-0.39, 0.29) is 6.04 Å². The molecule has 1 aliphatic rings. The van der Waals surface area contributed by atoms with Crippen LogP contribution in [0.1, 0.15) is 25.7 Å². The van der Waals surface area contributed by atoms with Crippen LogP contribution in [0.2, 0.25) is 0 Å². The molecule has 0 aromatic rings. The van der Waals surface area contributed by atoms with Crippen LogP contribution < -0.4 is 0 Å². The standard InChI is InChI=1S/C8H15NO4S/c1-14(12,13)9(6-8(10)11)7-4-2-3-5-7/h7H,2-6H2,1H3,(H,10,11). The molecule has 1 fully saturated rings. The lowest BCUT2D eigenvalue weighted by Gasteiger charge is -2.24. The van der Waals surface area contributed by atoms with Gasteiger partial charge in [-0.05, 0) is 12.8 Å². The SMILES string of the molecule is CS(=O)(=O)N(CC(=O)O)C1CCCC1. The lowest BCUT2D eigenvalue weighted by Crippen LogP contribution is -2.41. The molecule has 0 aliphatic heterocycles. The lowest BCUT2D eigenvalue weighted by molar-refractivity contribution is -0.137. The zero-order chi connectivity index (χ0) is 10.8. The number of hydrogen-bond acceptors (Lipinski definition) is 3. The van der Waals surface area contributed by atoms with Gasteiger partial charge in [0.25, 0.3) is 0 Å². The van der Waals surface area contributed by atoms with Gasteiger partial charge in [-0.1, -0.05) is 12.8 Å². The molecule has 0 aromatic carbocycles. The molecule has 1 N–H and O–H groups in total. The Morgan fingerprint density at radius 2 is 1.93 bits per heavy atom. The Morgan fingerprint density at radius 1 is 1.43 bits per heavy atom. The minimum Gasteiger partial charge on any atom is -0.480 e. The summed E-state index contributed by atoms with van der Waals surface area (Å²) in [5.74, 6) is -1.10. The molecular formula is C8H15NO4S. The van der Waals surface area contributed by atoms with E-state index >= 15 is 0 Å². The van der Waals surface area contributed by atoms with Gasteiger partial charge in [-0.2, -0.15) is 4.31 Å². The Balaban J connectivity index is 2.75. The molecule has 5 nitrogen and oxygen atoms in total. The molecule has 82 valence electrons. The molecule has 0 saturated heterocycles. The lowest BCUT2D eigenvalue weighted by atomic mass is 10.2. The van der Waals surface area contributed by atoms with Gasteiger partial charge in [-0.3, -0.25) is 4.79 Å². The molecule has 0 radical (unpaired) electrons. The summed E-state index contributed by atoms with van der Waals surface area (Å²) in [6, 6.07) is -0.110. The Morgan fingerprint density at radius 3 is 2.29 bits per heavy atom. The minimum absolute atomic E-state index is 0.110. The van der Waals surface area contributed by atoms with E-state index in [1.807, 2.05) is 0 Å². The zero-order valence-corrected chi connectivity index (χ0v) is 8.96. The van der Waals surface area contributed by atoms with Crippen LogP contribution >= 0.6 is 0 Å². The molecule has 1 aliphatic carbocycles. The van der Waals surface area contributed by atoms with Crippen molar-refractivity contribution >= 4 is 16.0 Å². The average molecular weight is 221 g/mol. The smallest absolute Gasteiger partial charge is 0.318 e. The van der Waals surface area contributed by atoms with Crippen molar-refractivity contribution in [2.45, 2.75) is 31.7 Å². The van der Waals surface area contributed by atoms with Crippen molar-refractivity contribution in [3.63, 3.8) is 0 Å². The predicted molar refractivity (Wildman–Crippen MR) is 51.4 cm³/mol. The summed E-state index contributed by atoms with van der Waals surface area (Å²) in [6.45, 7) is -0.413. The first kappa shape index (κ1) is 11.5. The van der Waals surface area contributed by atoms with Crippen LogP contribution in [0.25, 0.3) is 0 Å². The summed E-state index contributed by atoms with van der Waals surface area (Å²) in [6.07, 6.45) is 4.58. The molecule has 0 unspecified atom stereocenters. The van der Waals surface area contributed by atoms with E-state index in [0.29, 0.717) is 0 Å². The van der Waals surface area contributed by atoms with Gasteiger partial charge in [0.2, 0.25) is 10.0 Å². The third kappa shape index (κ3) is 2.95. The Bertz CT molecular complexity index is 305. The first-order chi connectivity index (χ1) is 6.41. The monoisotopic (exact) mass is 221 g/mol. The highest BCUT2D eigenvalue weighted by Crippen LogP contribution is 2.24. The normalized spacial score (nSPS) is 19.0. The number of aliphatic carboxylic acids is 1. The Kier molecular flexibility index (Phi) is 3.49. The average Bonchev–Trinajstić information content (AvgIpc) is 2.49. The molecule has 0 heterocycles. The summed E-state index contributed by atoms with van der Waals surface area (Å²) in [5.41, 5.74) is 0. The van der Waals surface area contributed by atoms with Gasteiger partial charge >= 0.3 is 5.97 Å². The molecule has 1 saturated carbocycles. The fourth-order valence-corrected chi connectivity index (χ4v) is 2.94. The number of rotatable bonds is 4. The van der Waals surface area contributed by atoms with Crippen LogP contribution in [0.15, 0.2) is 0 Å². The highest BCUT2D eigenvalue weighted by Gasteiger charge is 2.30. The fourth-order valence-electron chi connectivity index (χ4n) is 1.84. The summed E-state index contributed by atoms with van der Waals surface area (Å²) in [4.78, 5) is 10.5. The Hall–Kier alpha value is -0.620. The van der Waals surface area contributed by atoms with E-state index in [0.717, 1.165) is 36.2 Å². The van der Waals surface area contributed by atoms with Gasteiger partial charge in [-0.15, -0.1) is 0 Å². The number of carbonyl (C=O) groups is 1. The van der Waals surface area contributed by atoms with E-state index in [2.05, 4.69) is 0 Å². The van der Waals surface area contributed by atoms with Gasteiger partial charge in [0, 0.05) is 6.04 Å². The highest BCUT2D eigenvalue weighted by molar-refractivity contribution is 7.88. The van der Waals surface area contributed by atoms with Gasteiger partial charge in [0.15, 0.2) is 0 Å². The van der Waals surface area contributed by atoms with Gasteiger partial charge in [-0.25, -0.2) is 8.42 Å². The van der Waals surface area contributed by atoms with Crippen molar-refractivity contribution in [3.8, 4) is 0 Å². The maximum absolute atomic E-state index is 11.3. The molecule has 0 spiro atoms. The number of carboxylic acids is 1. The molecule has 0 aromatic heterocycles. The van der Waals surface area contributed by atoms with Crippen LogP contribution in [0.5, 0.6) is 0 Å². The van der Waals surface area contributed by atoms with Crippen molar-refractivity contribution in [2.24, 2.45) is 0 Å². The van der Waals surface area contributed by atoms with E-state index < -0.39 is 22.5 Å². The second-order valence-corrected chi connectivity index (χ2v) is 5.58. The van der Waals surface area contributed by atoms with Crippen molar-refractivity contribution in [3.05, 3.63) is 0 Å². The topological polar surface area (TPSA) is 74.7 Å². The molecule has 14 heavy (non-hydrogen) atoms. The first-order valence-corrected chi connectivity index (χ1v) is 6.44. The van der Waals surface area contributed by atoms with E-state index in [1.54, 1.807) is 0 Å². The quantitative estimate of drug-likeness (QED) is 0.739. The largest absolute Gasteiger partial charge is 0.480 e. The number of nitrogens with zero attached hydrogens (tertiary/aromatic N) is 1. The molecule has 0 amide bonds. The summed E-state index contributed by atoms with van der Waals surface area (Å²) >= 11 is 0. The number of sulfonamides is 1. The maximum Gasteiger partial charge on any atom is 0.318 e. The second-order valence-electron chi connectivity index (χ2n) is 3.64. The first-order valence-electron chi connectivity index (χ1n) is 4.60. The summed E-state index contributed by atoms with van der Waals surface area (Å²) in [5, 5.41) is 8.60.